The van der Waals surface area contributed by atoms with Gasteiger partial charge in [0.05, 0.1) is 22.7 Å². The fourth-order valence-corrected chi connectivity index (χ4v) is 4.31. The van der Waals surface area contributed by atoms with Gasteiger partial charge in [0.1, 0.15) is 0 Å². The first-order valence-electron chi connectivity index (χ1n) is 8.95. The van der Waals surface area contributed by atoms with Crippen molar-refractivity contribution in [1.82, 2.24) is 10.0 Å². The number of aryl methyl sites for hydroxylation is 1. The van der Waals surface area contributed by atoms with Gasteiger partial charge < -0.3 is 10.1 Å². The second-order valence-corrected chi connectivity index (χ2v) is 9.07. The molecule has 0 saturated carbocycles. The summed E-state index contributed by atoms with van der Waals surface area (Å²) >= 11 is 1.30. The summed E-state index contributed by atoms with van der Waals surface area (Å²) in [7, 11) is -2.25. The van der Waals surface area contributed by atoms with Crippen molar-refractivity contribution in [2.45, 2.75) is 17.6 Å². The number of nitrogens with one attached hydrogen (secondary N) is 2. The quantitative estimate of drug-likeness (QED) is 0.303. The molecule has 0 spiro atoms. The molecule has 0 aliphatic rings. The van der Waals surface area contributed by atoms with Gasteiger partial charge in [-0.2, -0.15) is 0 Å². The standard InChI is InChI=1S/C19H23N3O6S2/c1-14-3-6-16(7-4-14)30(26,27)21-10-9-20-19(23)13-29-12-15-5-8-18(28-2)17(11-15)22(24)25/h3-8,11,21H,9-10,12-13H2,1-2H3,(H,20,23). The Kier molecular flexibility index (Phi) is 8.63. The fraction of sp³-hybridized carbons (Fsp3) is 0.316. The maximum Gasteiger partial charge on any atom is 0.311 e. The van der Waals surface area contributed by atoms with Gasteiger partial charge in [0, 0.05) is 24.9 Å². The van der Waals surface area contributed by atoms with Gasteiger partial charge in [-0.1, -0.05) is 23.8 Å². The van der Waals surface area contributed by atoms with Crippen LogP contribution in [0.3, 0.4) is 0 Å². The summed E-state index contributed by atoms with van der Waals surface area (Å²) in [5, 5.41) is 13.7. The Hall–Kier alpha value is -2.63. The highest BCUT2D eigenvalue weighted by molar-refractivity contribution is 7.99. The summed E-state index contributed by atoms with van der Waals surface area (Å²) < 4.78 is 31.7. The third kappa shape index (κ3) is 7.01. The van der Waals surface area contributed by atoms with Crippen LogP contribution in [0.5, 0.6) is 5.75 Å². The molecule has 2 N–H and O–H groups in total. The number of ether oxygens (including phenoxy) is 1. The Balaban J connectivity index is 1.72. The molecule has 0 saturated heterocycles. The van der Waals surface area contributed by atoms with E-state index in [0.717, 1.165) is 5.56 Å². The number of benzene rings is 2. The molecule has 0 bridgehead atoms. The van der Waals surface area contributed by atoms with Gasteiger partial charge in [0.2, 0.25) is 15.9 Å². The van der Waals surface area contributed by atoms with Crippen molar-refractivity contribution in [1.29, 1.82) is 0 Å². The minimum atomic E-state index is -3.62. The molecule has 0 radical (unpaired) electrons. The molecule has 2 aromatic carbocycles. The number of thioether (sulfide) groups is 1. The molecule has 0 aromatic heterocycles. The van der Waals surface area contributed by atoms with Crippen molar-refractivity contribution in [2.24, 2.45) is 0 Å². The topological polar surface area (TPSA) is 128 Å². The second-order valence-electron chi connectivity index (χ2n) is 6.32. The van der Waals surface area contributed by atoms with E-state index in [4.69, 9.17) is 4.74 Å². The molecule has 11 heteroatoms. The van der Waals surface area contributed by atoms with Crippen molar-refractivity contribution in [2.75, 3.05) is 26.0 Å². The molecule has 162 valence electrons. The van der Waals surface area contributed by atoms with Crippen molar-refractivity contribution in [3.8, 4) is 5.75 Å². The lowest BCUT2D eigenvalue weighted by Crippen LogP contribution is -2.35. The van der Waals surface area contributed by atoms with Crippen LogP contribution in [0.1, 0.15) is 11.1 Å². The van der Waals surface area contributed by atoms with Crippen LogP contribution in [0.25, 0.3) is 0 Å². The molecular formula is C19H23N3O6S2. The number of nitro benzene ring substituents is 1. The smallest absolute Gasteiger partial charge is 0.311 e. The van der Waals surface area contributed by atoms with E-state index in [-0.39, 0.29) is 41.1 Å². The minimum absolute atomic E-state index is 0.0668. The summed E-state index contributed by atoms with van der Waals surface area (Å²) in [4.78, 5) is 22.6. The number of methoxy groups -OCH3 is 1. The highest BCUT2D eigenvalue weighted by atomic mass is 32.2. The number of rotatable bonds is 11. The molecule has 0 heterocycles. The second kappa shape index (κ2) is 11.0. The predicted molar refractivity (Wildman–Crippen MR) is 115 cm³/mol. The summed E-state index contributed by atoms with van der Waals surface area (Å²) in [6, 6.07) is 11.1. The van der Waals surface area contributed by atoms with E-state index in [0.29, 0.717) is 11.3 Å². The Morgan fingerprint density at radius 1 is 1.17 bits per heavy atom. The van der Waals surface area contributed by atoms with Crippen molar-refractivity contribution in [3.05, 3.63) is 63.7 Å². The molecule has 2 rings (SSSR count). The van der Waals surface area contributed by atoms with Gasteiger partial charge in [-0.15, -0.1) is 11.8 Å². The van der Waals surface area contributed by atoms with Crippen LogP contribution in [0.15, 0.2) is 47.4 Å². The Bertz CT molecular complexity index is 994. The van der Waals surface area contributed by atoms with Crippen LogP contribution in [0.2, 0.25) is 0 Å². The number of carbonyl (C=O) groups excluding carboxylic acids is 1. The normalized spacial score (nSPS) is 11.1. The fourth-order valence-electron chi connectivity index (χ4n) is 2.47. The van der Waals surface area contributed by atoms with Gasteiger partial charge in [0.15, 0.2) is 5.75 Å². The van der Waals surface area contributed by atoms with Crippen LogP contribution in [0.4, 0.5) is 5.69 Å². The minimum Gasteiger partial charge on any atom is -0.490 e. The van der Waals surface area contributed by atoms with Gasteiger partial charge in [-0.3, -0.25) is 14.9 Å². The van der Waals surface area contributed by atoms with Gasteiger partial charge in [-0.25, -0.2) is 13.1 Å². The molecule has 0 atom stereocenters. The monoisotopic (exact) mass is 453 g/mol. The zero-order chi connectivity index (χ0) is 22.1. The molecule has 30 heavy (non-hydrogen) atoms. The SMILES string of the molecule is COc1ccc(CSCC(=O)NCCNS(=O)(=O)c2ccc(C)cc2)cc1[N+](=O)[O-]. The third-order valence-corrected chi connectivity index (χ3v) is 6.49. The van der Waals surface area contributed by atoms with E-state index in [9.17, 15) is 23.3 Å². The lowest BCUT2D eigenvalue weighted by molar-refractivity contribution is -0.385. The van der Waals surface area contributed by atoms with E-state index >= 15 is 0 Å². The van der Waals surface area contributed by atoms with Crippen LogP contribution in [-0.2, 0) is 20.6 Å². The first-order chi connectivity index (χ1) is 14.2. The number of nitro groups is 1. The van der Waals surface area contributed by atoms with Crippen LogP contribution in [-0.4, -0.2) is 45.2 Å². The molecular weight excluding hydrogens is 430 g/mol. The lowest BCUT2D eigenvalue weighted by Gasteiger charge is -2.09. The van der Waals surface area contributed by atoms with Crippen LogP contribution < -0.4 is 14.8 Å². The van der Waals surface area contributed by atoms with Crippen molar-refractivity contribution in [3.63, 3.8) is 0 Å². The van der Waals surface area contributed by atoms with Gasteiger partial charge in [-0.05, 0) is 30.7 Å². The Labute approximate surface area is 179 Å². The Morgan fingerprint density at radius 2 is 1.87 bits per heavy atom. The molecule has 0 unspecified atom stereocenters. The number of carbonyl (C=O) groups is 1. The average molecular weight is 454 g/mol. The average Bonchev–Trinajstić information content (AvgIpc) is 2.71. The first kappa shape index (κ1) is 23.6. The molecule has 0 aliphatic heterocycles. The summed E-state index contributed by atoms with van der Waals surface area (Å²) in [6.07, 6.45) is 0. The van der Waals surface area contributed by atoms with E-state index in [2.05, 4.69) is 10.0 Å². The van der Waals surface area contributed by atoms with Crippen LogP contribution in [0, 0.1) is 17.0 Å². The zero-order valence-electron chi connectivity index (χ0n) is 16.6. The maximum absolute atomic E-state index is 12.2. The molecule has 9 nitrogen and oxygen atoms in total. The largest absolute Gasteiger partial charge is 0.490 e. The van der Waals surface area contributed by atoms with E-state index in [1.807, 2.05) is 6.92 Å². The van der Waals surface area contributed by atoms with E-state index < -0.39 is 14.9 Å². The van der Waals surface area contributed by atoms with Crippen molar-refractivity contribution >= 4 is 33.4 Å². The molecule has 1 amide bonds. The summed E-state index contributed by atoms with van der Waals surface area (Å²) in [6.45, 7) is 2.09. The van der Waals surface area contributed by atoms with Crippen molar-refractivity contribution < 1.29 is 22.9 Å². The highest BCUT2D eigenvalue weighted by Gasteiger charge is 2.15. The number of hydrogen-bond acceptors (Lipinski definition) is 7. The molecule has 0 aliphatic carbocycles. The maximum atomic E-state index is 12.2. The summed E-state index contributed by atoms with van der Waals surface area (Å²) in [5.41, 5.74) is 1.54. The third-order valence-electron chi connectivity index (χ3n) is 4.01. The summed E-state index contributed by atoms with van der Waals surface area (Å²) in [5.74, 6) is 0.486. The first-order valence-corrected chi connectivity index (χ1v) is 11.6. The molecule has 0 fully saturated rings. The number of nitrogens with zero attached hydrogens (tertiary/aromatic N) is 1. The lowest BCUT2D eigenvalue weighted by atomic mass is 10.2. The number of sulfonamides is 1. The highest BCUT2D eigenvalue weighted by Crippen LogP contribution is 2.28. The number of hydrogen-bond donors (Lipinski definition) is 2. The number of amides is 1. The predicted octanol–water partition coefficient (Wildman–Crippen LogP) is 2.24. The van der Waals surface area contributed by atoms with Gasteiger partial charge in [0.25, 0.3) is 0 Å². The van der Waals surface area contributed by atoms with E-state index in [1.54, 1.807) is 18.2 Å². The van der Waals surface area contributed by atoms with Gasteiger partial charge >= 0.3 is 5.69 Å². The van der Waals surface area contributed by atoms with Crippen LogP contribution >= 0.6 is 11.8 Å². The van der Waals surface area contributed by atoms with E-state index in [1.165, 1.54) is 43.1 Å². The Morgan fingerprint density at radius 3 is 2.50 bits per heavy atom. The molecule has 2 aromatic rings. The zero-order valence-corrected chi connectivity index (χ0v) is 18.2.